The van der Waals surface area contributed by atoms with Crippen molar-refractivity contribution in [3.63, 3.8) is 0 Å². The van der Waals surface area contributed by atoms with Crippen LogP contribution in [0.15, 0.2) is 18.3 Å². The highest BCUT2D eigenvalue weighted by Gasteiger charge is 2.28. The van der Waals surface area contributed by atoms with Crippen molar-refractivity contribution in [1.29, 1.82) is 0 Å². The maximum atomic E-state index is 4.46. The number of aromatic nitrogens is 1. The highest BCUT2D eigenvalue weighted by Crippen LogP contribution is 2.25. The van der Waals surface area contributed by atoms with Crippen LogP contribution in [0, 0.1) is 0 Å². The van der Waals surface area contributed by atoms with Crippen molar-refractivity contribution in [3.05, 3.63) is 24.0 Å². The molecule has 0 bridgehead atoms. The van der Waals surface area contributed by atoms with Gasteiger partial charge in [0.25, 0.3) is 0 Å². The Hall–Kier alpha value is -1.13. The van der Waals surface area contributed by atoms with E-state index in [4.69, 9.17) is 0 Å². The molecule has 0 amide bonds. The van der Waals surface area contributed by atoms with E-state index < -0.39 is 0 Å². The first-order chi connectivity index (χ1) is 10.4. The lowest BCUT2D eigenvalue weighted by atomic mass is 10.1. The van der Waals surface area contributed by atoms with Gasteiger partial charge in [0.1, 0.15) is 0 Å². The fraction of sp³-hybridized carbons (Fsp3) is 0.706. The largest absolute Gasteiger partial charge is 0.370 e. The van der Waals surface area contributed by atoms with Crippen LogP contribution in [0.3, 0.4) is 0 Å². The van der Waals surface area contributed by atoms with E-state index in [1.807, 2.05) is 6.20 Å². The Balaban J connectivity index is 1.60. The Labute approximate surface area is 128 Å². The molecule has 0 radical (unpaired) electrons. The number of nitrogens with one attached hydrogen (secondary N) is 1. The van der Waals surface area contributed by atoms with Crippen LogP contribution in [0.1, 0.15) is 38.3 Å². The van der Waals surface area contributed by atoms with Crippen molar-refractivity contribution in [2.45, 2.75) is 45.2 Å². The van der Waals surface area contributed by atoms with Crippen LogP contribution in [0.5, 0.6) is 0 Å². The summed E-state index contributed by atoms with van der Waals surface area (Å²) < 4.78 is 0. The summed E-state index contributed by atoms with van der Waals surface area (Å²) >= 11 is 0. The first-order valence-electron chi connectivity index (χ1n) is 8.51. The summed E-state index contributed by atoms with van der Waals surface area (Å²) in [6, 6.07) is 5.17. The predicted molar refractivity (Wildman–Crippen MR) is 87.7 cm³/mol. The van der Waals surface area contributed by atoms with E-state index in [1.54, 1.807) is 0 Å². The minimum Gasteiger partial charge on any atom is -0.370 e. The van der Waals surface area contributed by atoms with Gasteiger partial charge in [-0.25, -0.2) is 0 Å². The molecule has 2 aliphatic rings. The summed E-state index contributed by atoms with van der Waals surface area (Å²) in [4.78, 5) is 9.71. The van der Waals surface area contributed by atoms with Crippen LogP contribution < -0.4 is 10.2 Å². The SMILES string of the molecule is CCNCc1cc(N2CCC(N3CCCCC3)C2)ccn1. The highest BCUT2D eigenvalue weighted by atomic mass is 15.3. The van der Waals surface area contributed by atoms with Gasteiger partial charge >= 0.3 is 0 Å². The molecule has 2 saturated heterocycles. The second-order valence-electron chi connectivity index (χ2n) is 6.27. The molecule has 1 aromatic heterocycles. The standard InChI is InChI=1S/C17H28N4/c1-2-18-13-15-12-16(6-8-19-15)21-11-7-17(14-21)20-9-4-3-5-10-20/h6,8,12,17-18H,2-5,7,9-11,13-14H2,1H3. The van der Waals surface area contributed by atoms with Gasteiger partial charge in [-0.1, -0.05) is 13.3 Å². The average Bonchev–Trinajstić information content (AvgIpc) is 3.04. The third-order valence-electron chi connectivity index (χ3n) is 4.79. The minimum atomic E-state index is 0.760. The van der Waals surface area contributed by atoms with Gasteiger partial charge in [-0.05, 0) is 51.0 Å². The number of hydrogen-bond acceptors (Lipinski definition) is 4. The highest BCUT2D eigenvalue weighted by molar-refractivity contribution is 5.47. The lowest BCUT2D eigenvalue weighted by Gasteiger charge is -2.32. The van der Waals surface area contributed by atoms with Gasteiger partial charge in [-0.2, -0.15) is 0 Å². The monoisotopic (exact) mass is 288 g/mol. The molecular formula is C17H28N4. The van der Waals surface area contributed by atoms with E-state index in [1.165, 1.54) is 57.5 Å². The number of hydrogen-bond donors (Lipinski definition) is 1. The smallest absolute Gasteiger partial charge is 0.0562 e. The number of rotatable bonds is 5. The molecule has 3 heterocycles. The van der Waals surface area contributed by atoms with Gasteiger partial charge in [-0.15, -0.1) is 0 Å². The lowest BCUT2D eigenvalue weighted by molar-refractivity contribution is 0.175. The molecule has 0 saturated carbocycles. The molecule has 2 fully saturated rings. The summed E-state index contributed by atoms with van der Waals surface area (Å²) in [7, 11) is 0. The summed E-state index contributed by atoms with van der Waals surface area (Å²) in [5.41, 5.74) is 2.49. The zero-order chi connectivity index (χ0) is 14.5. The summed E-state index contributed by atoms with van der Waals surface area (Å²) in [5, 5.41) is 3.35. The fourth-order valence-electron chi connectivity index (χ4n) is 3.57. The maximum Gasteiger partial charge on any atom is 0.0562 e. The molecule has 0 spiro atoms. The van der Waals surface area contributed by atoms with Crippen LogP contribution >= 0.6 is 0 Å². The van der Waals surface area contributed by atoms with Crippen molar-refractivity contribution in [2.24, 2.45) is 0 Å². The molecule has 21 heavy (non-hydrogen) atoms. The van der Waals surface area contributed by atoms with Crippen LogP contribution in [0.25, 0.3) is 0 Å². The number of piperidine rings is 1. The Kier molecular flexibility index (Phi) is 5.09. The Morgan fingerprint density at radius 1 is 1.24 bits per heavy atom. The number of pyridine rings is 1. The quantitative estimate of drug-likeness (QED) is 0.900. The molecular weight excluding hydrogens is 260 g/mol. The molecule has 1 atom stereocenters. The van der Waals surface area contributed by atoms with Crippen molar-refractivity contribution >= 4 is 5.69 Å². The first-order valence-corrected chi connectivity index (χ1v) is 8.51. The summed E-state index contributed by atoms with van der Waals surface area (Å²) in [5.74, 6) is 0. The van der Waals surface area contributed by atoms with Crippen LogP contribution in [0.4, 0.5) is 5.69 Å². The zero-order valence-electron chi connectivity index (χ0n) is 13.2. The Morgan fingerprint density at radius 3 is 2.90 bits per heavy atom. The summed E-state index contributed by atoms with van der Waals surface area (Å²) in [6.07, 6.45) is 7.46. The maximum absolute atomic E-state index is 4.46. The van der Waals surface area contributed by atoms with Gasteiger partial charge in [0.15, 0.2) is 0 Å². The topological polar surface area (TPSA) is 31.4 Å². The molecule has 3 rings (SSSR count). The Bertz CT molecular complexity index is 442. The molecule has 4 heteroatoms. The molecule has 1 N–H and O–H groups in total. The first kappa shape index (κ1) is 14.8. The van der Waals surface area contributed by atoms with Crippen molar-refractivity contribution in [1.82, 2.24) is 15.2 Å². The lowest BCUT2D eigenvalue weighted by Crippen LogP contribution is -2.40. The summed E-state index contributed by atoms with van der Waals surface area (Å²) in [6.45, 7) is 8.98. The number of nitrogens with zero attached hydrogens (tertiary/aromatic N) is 3. The third-order valence-corrected chi connectivity index (χ3v) is 4.79. The van der Waals surface area contributed by atoms with Gasteiger partial charge < -0.3 is 10.2 Å². The van der Waals surface area contributed by atoms with Crippen LogP contribution in [-0.2, 0) is 6.54 Å². The second-order valence-corrected chi connectivity index (χ2v) is 6.27. The molecule has 1 unspecified atom stereocenters. The van der Waals surface area contributed by atoms with E-state index in [0.717, 1.165) is 24.8 Å². The van der Waals surface area contributed by atoms with Crippen molar-refractivity contribution in [2.75, 3.05) is 37.6 Å². The van der Waals surface area contributed by atoms with Gasteiger partial charge in [-0.3, -0.25) is 9.88 Å². The normalized spacial score (nSPS) is 23.7. The van der Waals surface area contributed by atoms with E-state index in [0.29, 0.717) is 0 Å². The number of anilines is 1. The van der Waals surface area contributed by atoms with Gasteiger partial charge in [0, 0.05) is 37.6 Å². The predicted octanol–water partition coefficient (Wildman–Crippen LogP) is 2.26. The van der Waals surface area contributed by atoms with E-state index in [-0.39, 0.29) is 0 Å². The van der Waals surface area contributed by atoms with E-state index in [9.17, 15) is 0 Å². The fourth-order valence-corrected chi connectivity index (χ4v) is 3.57. The second kappa shape index (κ2) is 7.23. The molecule has 2 aliphatic heterocycles. The molecule has 1 aromatic rings. The molecule has 116 valence electrons. The zero-order valence-corrected chi connectivity index (χ0v) is 13.2. The van der Waals surface area contributed by atoms with Crippen molar-refractivity contribution < 1.29 is 0 Å². The molecule has 0 aliphatic carbocycles. The molecule has 4 nitrogen and oxygen atoms in total. The van der Waals surface area contributed by atoms with Crippen molar-refractivity contribution in [3.8, 4) is 0 Å². The van der Waals surface area contributed by atoms with Crippen LogP contribution in [0.2, 0.25) is 0 Å². The van der Waals surface area contributed by atoms with E-state index >= 15 is 0 Å². The number of likely N-dealkylation sites (tertiary alicyclic amines) is 1. The van der Waals surface area contributed by atoms with Gasteiger partial charge in [0.05, 0.1) is 5.69 Å². The minimum absolute atomic E-state index is 0.760. The molecule has 0 aromatic carbocycles. The third kappa shape index (κ3) is 3.74. The van der Waals surface area contributed by atoms with Gasteiger partial charge in [0.2, 0.25) is 0 Å². The van der Waals surface area contributed by atoms with E-state index in [2.05, 4.69) is 39.2 Å². The Morgan fingerprint density at radius 2 is 2.10 bits per heavy atom. The average molecular weight is 288 g/mol. The van der Waals surface area contributed by atoms with Crippen LogP contribution in [-0.4, -0.2) is 48.6 Å².